The first-order valence-corrected chi connectivity index (χ1v) is 4.95. The van der Waals surface area contributed by atoms with E-state index in [0.717, 1.165) is 6.20 Å². The monoisotopic (exact) mass is 247 g/mol. The number of hydrogen-bond acceptors (Lipinski definition) is 5. The molecule has 0 aliphatic carbocycles. The lowest BCUT2D eigenvalue weighted by Crippen LogP contribution is -2.14. The van der Waals surface area contributed by atoms with Gasteiger partial charge in [-0.3, -0.25) is 4.79 Å². The van der Waals surface area contributed by atoms with E-state index >= 15 is 0 Å². The molecule has 0 aromatic carbocycles. The second kappa shape index (κ2) is 4.62. The Morgan fingerprint density at radius 1 is 1.44 bits per heavy atom. The Labute approximate surface area is 101 Å². The van der Waals surface area contributed by atoms with Crippen LogP contribution in [0.4, 0.5) is 5.82 Å². The fraction of sp³-hybridized carbons (Fsp3) is 0.100. The van der Waals surface area contributed by atoms with E-state index in [0.29, 0.717) is 5.82 Å². The number of amides is 1. The number of hydrogen-bond donors (Lipinski definition) is 2. The summed E-state index contributed by atoms with van der Waals surface area (Å²) in [5, 5.41) is 15.3. The van der Waals surface area contributed by atoms with Crippen molar-refractivity contribution in [3.05, 3.63) is 30.4 Å². The van der Waals surface area contributed by atoms with Gasteiger partial charge in [0.25, 0.3) is 0 Å². The summed E-state index contributed by atoms with van der Waals surface area (Å²) in [5.41, 5.74) is -0.108. The van der Waals surface area contributed by atoms with Crippen molar-refractivity contribution in [3.63, 3.8) is 0 Å². The van der Waals surface area contributed by atoms with Gasteiger partial charge in [-0.25, -0.2) is 14.8 Å². The predicted molar refractivity (Wildman–Crippen MR) is 60.4 cm³/mol. The maximum Gasteiger partial charge on any atom is 0.341 e. The lowest BCUT2D eigenvalue weighted by atomic mass is 10.3. The van der Waals surface area contributed by atoms with Crippen LogP contribution in [0.5, 0.6) is 0 Å². The van der Waals surface area contributed by atoms with Crippen molar-refractivity contribution in [2.24, 2.45) is 0 Å². The molecule has 0 atom stereocenters. The first-order chi connectivity index (χ1) is 8.59. The van der Waals surface area contributed by atoms with E-state index in [1.165, 1.54) is 24.1 Å². The summed E-state index contributed by atoms with van der Waals surface area (Å²) < 4.78 is 1.23. The van der Waals surface area contributed by atoms with Crippen molar-refractivity contribution >= 4 is 17.7 Å². The van der Waals surface area contributed by atoms with E-state index < -0.39 is 11.9 Å². The van der Waals surface area contributed by atoms with Gasteiger partial charge >= 0.3 is 5.97 Å². The molecule has 2 rings (SSSR count). The largest absolute Gasteiger partial charge is 0.477 e. The second-order valence-corrected chi connectivity index (χ2v) is 3.37. The molecular formula is C10H9N5O3. The smallest absolute Gasteiger partial charge is 0.341 e. The normalized spacial score (nSPS) is 10.1. The molecule has 0 unspecified atom stereocenters. The van der Waals surface area contributed by atoms with E-state index in [1.54, 1.807) is 6.07 Å². The summed E-state index contributed by atoms with van der Waals surface area (Å²) in [7, 11) is 0. The van der Waals surface area contributed by atoms with Crippen LogP contribution in [-0.4, -0.2) is 36.7 Å². The zero-order valence-electron chi connectivity index (χ0n) is 9.36. The van der Waals surface area contributed by atoms with Gasteiger partial charge in [0, 0.05) is 19.2 Å². The number of aromatic nitrogens is 4. The van der Waals surface area contributed by atoms with E-state index in [1.807, 2.05) is 0 Å². The third-order valence-electron chi connectivity index (χ3n) is 2.08. The maximum absolute atomic E-state index is 11.1. The van der Waals surface area contributed by atoms with E-state index in [-0.39, 0.29) is 11.4 Å². The highest BCUT2D eigenvalue weighted by molar-refractivity contribution is 5.98. The lowest BCUT2D eigenvalue weighted by molar-refractivity contribution is -0.114. The topological polar surface area (TPSA) is 110 Å². The Bertz CT molecular complexity index is 593. The second-order valence-electron chi connectivity index (χ2n) is 3.37. The van der Waals surface area contributed by atoms with Gasteiger partial charge < -0.3 is 10.4 Å². The molecule has 18 heavy (non-hydrogen) atoms. The maximum atomic E-state index is 11.1. The summed E-state index contributed by atoms with van der Waals surface area (Å²) in [5.74, 6) is -1.15. The van der Waals surface area contributed by atoms with Crippen LogP contribution in [0.1, 0.15) is 17.3 Å². The molecule has 0 saturated heterocycles. The number of anilines is 1. The van der Waals surface area contributed by atoms with Crippen molar-refractivity contribution in [1.29, 1.82) is 0 Å². The minimum absolute atomic E-state index is 0.0636. The van der Waals surface area contributed by atoms with Gasteiger partial charge in [0.1, 0.15) is 11.9 Å². The molecule has 0 saturated carbocycles. The van der Waals surface area contributed by atoms with Crippen molar-refractivity contribution in [2.45, 2.75) is 6.92 Å². The molecule has 0 spiro atoms. The number of carbonyl (C=O) groups is 2. The summed E-state index contributed by atoms with van der Waals surface area (Å²) >= 11 is 0. The Hall–Kier alpha value is -2.77. The van der Waals surface area contributed by atoms with Crippen LogP contribution >= 0.6 is 0 Å². The van der Waals surface area contributed by atoms with Crippen LogP contribution in [0.3, 0.4) is 0 Å². The Kier molecular flexibility index (Phi) is 3.00. The summed E-state index contributed by atoms with van der Waals surface area (Å²) in [4.78, 5) is 29.8. The third kappa shape index (κ3) is 2.17. The number of carbonyl (C=O) groups excluding carboxylic acids is 1. The zero-order chi connectivity index (χ0) is 13.1. The van der Waals surface area contributed by atoms with Gasteiger partial charge in [0.15, 0.2) is 11.6 Å². The van der Waals surface area contributed by atoms with Crippen molar-refractivity contribution < 1.29 is 14.7 Å². The number of carboxylic acid groups (broad SMARTS) is 1. The molecule has 8 heteroatoms. The number of nitrogens with one attached hydrogen (secondary N) is 1. The SMILES string of the molecule is CC(=O)Nc1c(C(=O)O)cnn1-c1ccncn1. The number of rotatable bonds is 3. The number of aromatic carboxylic acids is 1. The fourth-order valence-electron chi connectivity index (χ4n) is 1.37. The third-order valence-corrected chi connectivity index (χ3v) is 2.08. The summed E-state index contributed by atoms with van der Waals surface area (Å²) in [6.45, 7) is 1.28. The van der Waals surface area contributed by atoms with Crippen molar-refractivity contribution in [2.75, 3.05) is 5.32 Å². The fourth-order valence-corrected chi connectivity index (χ4v) is 1.37. The average molecular weight is 247 g/mol. The van der Waals surface area contributed by atoms with Gasteiger partial charge in [-0.2, -0.15) is 9.78 Å². The molecule has 2 N–H and O–H groups in total. The van der Waals surface area contributed by atoms with Crippen LogP contribution in [0, 0.1) is 0 Å². The molecular weight excluding hydrogens is 238 g/mol. The van der Waals surface area contributed by atoms with Gasteiger partial charge in [-0.1, -0.05) is 0 Å². The lowest BCUT2D eigenvalue weighted by Gasteiger charge is -2.07. The molecule has 0 aliphatic heterocycles. The first kappa shape index (κ1) is 11.7. The molecule has 8 nitrogen and oxygen atoms in total. The first-order valence-electron chi connectivity index (χ1n) is 4.95. The minimum atomic E-state index is -1.18. The molecule has 2 aromatic heterocycles. The van der Waals surface area contributed by atoms with Crippen LogP contribution < -0.4 is 5.32 Å². The highest BCUT2D eigenvalue weighted by Crippen LogP contribution is 2.18. The molecule has 0 bridgehead atoms. The molecule has 2 heterocycles. The van der Waals surface area contributed by atoms with Crippen LogP contribution in [0.2, 0.25) is 0 Å². The Balaban J connectivity index is 2.54. The molecule has 0 fully saturated rings. The minimum Gasteiger partial charge on any atom is -0.477 e. The summed E-state index contributed by atoms with van der Waals surface area (Å²) in [6.07, 6.45) is 3.94. The Morgan fingerprint density at radius 3 is 2.78 bits per heavy atom. The van der Waals surface area contributed by atoms with E-state index in [2.05, 4.69) is 20.4 Å². The molecule has 1 amide bonds. The van der Waals surface area contributed by atoms with Crippen molar-refractivity contribution in [3.8, 4) is 5.82 Å². The quantitative estimate of drug-likeness (QED) is 0.808. The Morgan fingerprint density at radius 2 is 2.22 bits per heavy atom. The van der Waals surface area contributed by atoms with Gasteiger partial charge in [0.2, 0.25) is 5.91 Å². The van der Waals surface area contributed by atoms with Crippen molar-refractivity contribution in [1.82, 2.24) is 19.7 Å². The van der Waals surface area contributed by atoms with Gasteiger partial charge in [-0.15, -0.1) is 0 Å². The number of carboxylic acids is 1. The van der Waals surface area contributed by atoms with E-state index in [9.17, 15) is 9.59 Å². The molecule has 92 valence electrons. The highest BCUT2D eigenvalue weighted by atomic mass is 16.4. The van der Waals surface area contributed by atoms with Gasteiger partial charge in [-0.05, 0) is 0 Å². The number of nitrogens with zero attached hydrogens (tertiary/aromatic N) is 4. The van der Waals surface area contributed by atoms with Crippen LogP contribution in [-0.2, 0) is 4.79 Å². The standard InChI is InChI=1S/C10H9N5O3/c1-6(16)14-9-7(10(17)18)4-13-15(9)8-2-3-11-5-12-8/h2-5H,1H3,(H,14,16)(H,17,18). The summed E-state index contributed by atoms with van der Waals surface area (Å²) in [6, 6.07) is 1.55. The highest BCUT2D eigenvalue weighted by Gasteiger charge is 2.19. The molecule has 2 aromatic rings. The van der Waals surface area contributed by atoms with Gasteiger partial charge in [0.05, 0.1) is 6.20 Å². The zero-order valence-corrected chi connectivity index (χ0v) is 9.36. The predicted octanol–water partition coefficient (Wildman–Crippen LogP) is 0.319. The van der Waals surface area contributed by atoms with Crippen LogP contribution in [0.25, 0.3) is 5.82 Å². The van der Waals surface area contributed by atoms with Crippen LogP contribution in [0.15, 0.2) is 24.8 Å². The molecule has 0 radical (unpaired) electrons. The molecule has 0 aliphatic rings. The average Bonchev–Trinajstić information content (AvgIpc) is 2.73. The van der Waals surface area contributed by atoms with E-state index in [4.69, 9.17) is 5.11 Å².